The molecule has 11 heavy (non-hydrogen) atoms. The van der Waals surface area contributed by atoms with Crippen LogP contribution < -0.4 is 11.1 Å². The predicted molar refractivity (Wildman–Crippen MR) is 48.8 cm³/mol. The highest BCUT2D eigenvalue weighted by atomic mass is 32.1. The van der Waals surface area contributed by atoms with Crippen LogP contribution in [-0.2, 0) is 13.0 Å². The first-order valence-corrected chi connectivity index (χ1v) is 4.81. The number of hydrogen-bond donors (Lipinski definition) is 2. The minimum absolute atomic E-state index is 0.963. The van der Waals surface area contributed by atoms with Gasteiger partial charge in [0, 0.05) is 12.1 Å². The summed E-state index contributed by atoms with van der Waals surface area (Å²) in [5, 5.41) is 6.54. The molecule has 3 N–H and O–H groups in total. The molecule has 0 aliphatic carbocycles. The quantitative estimate of drug-likeness (QED) is 0.614. The summed E-state index contributed by atoms with van der Waals surface area (Å²) >= 11 is 1.67. The smallest absolute Gasteiger partial charge is 0.0904 e. The van der Waals surface area contributed by atoms with Gasteiger partial charge in [-0.25, -0.2) is 0 Å². The zero-order chi connectivity index (χ0) is 7.68. The Morgan fingerprint density at radius 2 is 2.45 bits per heavy atom. The molecular weight excluding hydrogens is 156 g/mol. The summed E-state index contributed by atoms with van der Waals surface area (Å²) in [6, 6.07) is 0. The van der Waals surface area contributed by atoms with Gasteiger partial charge >= 0.3 is 0 Å². The molecule has 0 radical (unpaired) electrons. The molecular formula is C8H12N2S. The van der Waals surface area contributed by atoms with Crippen molar-refractivity contribution in [2.75, 3.05) is 12.3 Å². The van der Waals surface area contributed by atoms with Crippen molar-refractivity contribution in [3.63, 3.8) is 0 Å². The minimum atomic E-state index is 0.963. The van der Waals surface area contributed by atoms with Crippen LogP contribution in [0.3, 0.4) is 0 Å². The fourth-order valence-corrected chi connectivity index (χ4v) is 2.34. The molecule has 60 valence electrons. The van der Waals surface area contributed by atoms with Gasteiger partial charge in [-0.05, 0) is 30.3 Å². The van der Waals surface area contributed by atoms with Gasteiger partial charge in [0.1, 0.15) is 0 Å². The maximum atomic E-state index is 5.81. The highest BCUT2D eigenvalue weighted by Crippen LogP contribution is 2.27. The highest BCUT2D eigenvalue weighted by molar-refractivity contribution is 7.14. The molecule has 1 aliphatic rings. The Balaban J connectivity index is 2.35. The summed E-state index contributed by atoms with van der Waals surface area (Å²) in [4.78, 5) is 0. The van der Waals surface area contributed by atoms with Crippen molar-refractivity contribution < 1.29 is 0 Å². The molecule has 2 heterocycles. The van der Waals surface area contributed by atoms with Crippen molar-refractivity contribution in [1.82, 2.24) is 5.32 Å². The third-order valence-electron chi connectivity index (χ3n) is 2.11. The second kappa shape index (κ2) is 2.83. The molecule has 2 nitrogen and oxygen atoms in total. The van der Waals surface area contributed by atoms with Crippen LogP contribution >= 0.6 is 11.3 Å². The van der Waals surface area contributed by atoms with Crippen molar-refractivity contribution in [3.05, 3.63) is 16.5 Å². The predicted octanol–water partition coefficient (Wildman–Crippen LogP) is 1.37. The van der Waals surface area contributed by atoms with E-state index in [1.165, 1.54) is 24.0 Å². The van der Waals surface area contributed by atoms with Gasteiger partial charge in [-0.15, -0.1) is 11.3 Å². The molecule has 1 aromatic rings. The van der Waals surface area contributed by atoms with Gasteiger partial charge in [0.2, 0.25) is 0 Å². The average molecular weight is 168 g/mol. The number of nitrogens with two attached hydrogens (primary N) is 1. The van der Waals surface area contributed by atoms with E-state index in [4.69, 9.17) is 5.73 Å². The average Bonchev–Trinajstić information content (AvgIpc) is 2.25. The first-order chi connectivity index (χ1) is 5.38. The molecule has 0 saturated carbocycles. The molecule has 1 aromatic heterocycles. The fraction of sp³-hybridized carbons (Fsp3) is 0.500. The highest BCUT2D eigenvalue weighted by Gasteiger charge is 2.11. The number of fused-ring (bicyclic) bond motifs is 1. The van der Waals surface area contributed by atoms with Crippen LogP contribution in [0.2, 0.25) is 0 Å². The lowest BCUT2D eigenvalue weighted by molar-refractivity contribution is 0.681. The summed E-state index contributed by atoms with van der Waals surface area (Å²) in [5.74, 6) is 0. The number of anilines is 1. The molecule has 0 saturated heterocycles. The van der Waals surface area contributed by atoms with Gasteiger partial charge in [-0.3, -0.25) is 0 Å². The second-order valence-corrected chi connectivity index (χ2v) is 3.80. The molecule has 0 aromatic carbocycles. The second-order valence-electron chi connectivity index (χ2n) is 2.88. The maximum absolute atomic E-state index is 5.81. The van der Waals surface area contributed by atoms with E-state index in [9.17, 15) is 0 Å². The zero-order valence-corrected chi connectivity index (χ0v) is 7.21. The Bertz CT molecular complexity index is 255. The minimum Gasteiger partial charge on any atom is -0.390 e. The van der Waals surface area contributed by atoms with Crippen molar-refractivity contribution in [2.24, 2.45) is 0 Å². The summed E-state index contributed by atoms with van der Waals surface area (Å²) < 4.78 is 0. The molecule has 0 fully saturated rings. The van der Waals surface area contributed by atoms with E-state index in [1.807, 2.05) is 0 Å². The number of nitrogens with one attached hydrogen (secondary N) is 1. The van der Waals surface area contributed by atoms with E-state index in [2.05, 4.69) is 10.7 Å². The van der Waals surface area contributed by atoms with Crippen molar-refractivity contribution in [2.45, 2.75) is 19.4 Å². The summed E-state index contributed by atoms with van der Waals surface area (Å²) in [6.45, 7) is 2.09. The molecule has 0 bridgehead atoms. The fourth-order valence-electron chi connectivity index (χ4n) is 1.46. The van der Waals surface area contributed by atoms with Gasteiger partial charge in [0.15, 0.2) is 0 Å². The zero-order valence-electron chi connectivity index (χ0n) is 6.39. The van der Waals surface area contributed by atoms with Gasteiger partial charge in [0.25, 0.3) is 0 Å². The van der Waals surface area contributed by atoms with Crippen LogP contribution in [0.1, 0.15) is 17.5 Å². The van der Waals surface area contributed by atoms with Gasteiger partial charge in [-0.1, -0.05) is 0 Å². The van der Waals surface area contributed by atoms with E-state index in [0.717, 1.165) is 18.1 Å². The summed E-state index contributed by atoms with van der Waals surface area (Å²) in [7, 11) is 0. The van der Waals surface area contributed by atoms with Crippen LogP contribution in [-0.4, -0.2) is 6.54 Å². The number of hydrogen-bond acceptors (Lipinski definition) is 3. The van der Waals surface area contributed by atoms with Crippen molar-refractivity contribution in [1.29, 1.82) is 0 Å². The Morgan fingerprint density at radius 1 is 1.55 bits per heavy atom. The standard InChI is InChI=1S/C8H12N2S/c9-8-7-4-10-3-1-2-6(7)5-11-8/h5,10H,1-4,9H2. The number of nitrogen functional groups attached to an aromatic ring is 1. The monoisotopic (exact) mass is 168 g/mol. The Kier molecular flexibility index (Phi) is 1.84. The van der Waals surface area contributed by atoms with Gasteiger partial charge in [-0.2, -0.15) is 0 Å². The Hall–Kier alpha value is -0.540. The lowest BCUT2D eigenvalue weighted by Crippen LogP contribution is -2.12. The van der Waals surface area contributed by atoms with Crippen LogP contribution in [0.15, 0.2) is 5.38 Å². The number of rotatable bonds is 0. The maximum Gasteiger partial charge on any atom is 0.0904 e. The van der Waals surface area contributed by atoms with E-state index in [0.29, 0.717) is 0 Å². The van der Waals surface area contributed by atoms with E-state index < -0.39 is 0 Å². The lowest BCUT2D eigenvalue weighted by Gasteiger charge is -1.98. The van der Waals surface area contributed by atoms with Crippen molar-refractivity contribution in [3.8, 4) is 0 Å². The Labute approximate surface area is 70.4 Å². The van der Waals surface area contributed by atoms with E-state index in [-0.39, 0.29) is 0 Å². The molecule has 2 rings (SSSR count). The molecule has 0 amide bonds. The largest absolute Gasteiger partial charge is 0.390 e. The van der Waals surface area contributed by atoms with E-state index in [1.54, 1.807) is 11.3 Å². The first kappa shape index (κ1) is 7.13. The summed E-state index contributed by atoms with van der Waals surface area (Å²) in [6.07, 6.45) is 2.43. The molecule has 0 unspecified atom stereocenters. The molecule has 3 heteroatoms. The molecule has 1 aliphatic heterocycles. The number of thiophene rings is 1. The molecule has 0 atom stereocenters. The Morgan fingerprint density at radius 3 is 3.36 bits per heavy atom. The topological polar surface area (TPSA) is 38.0 Å². The van der Waals surface area contributed by atoms with Gasteiger partial charge < -0.3 is 11.1 Å². The summed E-state index contributed by atoms with van der Waals surface area (Å²) in [5.41, 5.74) is 8.61. The van der Waals surface area contributed by atoms with Crippen LogP contribution in [0, 0.1) is 0 Å². The number of aryl methyl sites for hydroxylation is 1. The van der Waals surface area contributed by atoms with E-state index >= 15 is 0 Å². The van der Waals surface area contributed by atoms with Crippen LogP contribution in [0.5, 0.6) is 0 Å². The SMILES string of the molecule is Nc1scc2c1CNCCC2. The third-order valence-corrected chi connectivity index (χ3v) is 3.02. The van der Waals surface area contributed by atoms with Gasteiger partial charge in [0.05, 0.1) is 5.00 Å². The van der Waals surface area contributed by atoms with Crippen molar-refractivity contribution >= 4 is 16.3 Å². The molecule has 0 spiro atoms. The third kappa shape index (κ3) is 1.26. The lowest BCUT2D eigenvalue weighted by atomic mass is 10.1. The normalized spacial score (nSPS) is 17.5. The van der Waals surface area contributed by atoms with Crippen LogP contribution in [0.25, 0.3) is 0 Å². The first-order valence-electron chi connectivity index (χ1n) is 3.93. The van der Waals surface area contributed by atoms with Crippen LogP contribution in [0.4, 0.5) is 5.00 Å².